The topological polar surface area (TPSA) is 89.8 Å². The molecule has 104 valence electrons. The summed E-state index contributed by atoms with van der Waals surface area (Å²) >= 11 is 3.53. The molecule has 3 aromatic rings. The van der Waals surface area contributed by atoms with Crippen LogP contribution in [0.2, 0.25) is 0 Å². The Labute approximate surface area is 122 Å². The van der Waals surface area contributed by atoms with Crippen molar-refractivity contribution in [3.05, 3.63) is 38.9 Å². The van der Waals surface area contributed by atoms with Crippen LogP contribution in [0.4, 0.5) is 0 Å². The van der Waals surface area contributed by atoms with E-state index in [1.165, 1.54) is 4.57 Å². The minimum absolute atomic E-state index is 0.373. The lowest BCUT2D eigenvalue weighted by Gasteiger charge is -1.99. The van der Waals surface area contributed by atoms with E-state index >= 15 is 0 Å². The number of hydrogen-bond acceptors (Lipinski definition) is 4. The molecule has 0 radical (unpaired) electrons. The smallest absolute Gasteiger partial charge is 0.408 e. The summed E-state index contributed by atoms with van der Waals surface area (Å²) in [5, 5.41) is 7.25. The van der Waals surface area contributed by atoms with E-state index in [-0.39, 0.29) is 5.76 Å². The summed E-state index contributed by atoms with van der Waals surface area (Å²) in [6, 6.07) is 5.56. The monoisotopic (exact) mass is 336 g/mol. The summed E-state index contributed by atoms with van der Waals surface area (Å²) in [7, 11) is 1.68. The van der Waals surface area contributed by atoms with Crippen LogP contribution < -0.4 is 11.5 Å². The number of halogens is 1. The molecule has 3 rings (SSSR count). The van der Waals surface area contributed by atoms with Crippen molar-refractivity contribution in [3.8, 4) is 11.3 Å². The molecular formula is C13H13BrN4O2. The highest BCUT2D eigenvalue weighted by Crippen LogP contribution is 2.30. The molecule has 0 atom stereocenters. The largest absolute Gasteiger partial charge is 0.419 e. The third-order valence-corrected chi connectivity index (χ3v) is 4.09. The van der Waals surface area contributed by atoms with Gasteiger partial charge in [0.15, 0.2) is 5.58 Å². The molecule has 0 amide bonds. The summed E-state index contributed by atoms with van der Waals surface area (Å²) < 4.78 is 7.55. The van der Waals surface area contributed by atoms with Gasteiger partial charge in [0.2, 0.25) is 0 Å². The normalized spacial score (nSPS) is 11.3. The average Bonchev–Trinajstić information content (AvgIpc) is 2.92. The van der Waals surface area contributed by atoms with Crippen molar-refractivity contribution >= 4 is 27.0 Å². The number of nitrogens with two attached hydrogens (primary N) is 1. The van der Waals surface area contributed by atoms with Crippen LogP contribution in [0, 0.1) is 0 Å². The minimum atomic E-state index is -0.373. The van der Waals surface area contributed by atoms with Gasteiger partial charge in [-0.3, -0.25) is 9.67 Å². The van der Waals surface area contributed by atoms with Gasteiger partial charge in [-0.05, 0) is 34.6 Å². The summed E-state index contributed by atoms with van der Waals surface area (Å²) in [6.45, 7) is 0.548. The molecule has 2 aromatic heterocycles. The molecule has 0 saturated heterocycles. The molecule has 0 fully saturated rings. The van der Waals surface area contributed by atoms with E-state index < -0.39 is 0 Å². The molecule has 0 bridgehead atoms. The Hall–Kier alpha value is -1.86. The number of benzene rings is 1. The highest BCUT2D eigenvalue weighted by Gasteiger charge is 2.14. The molecule has 1 aromatic carbocycles. The second kappa shape index (κ2) is 4.92. The van der Waals surface area contributed by atoms with Crippen molar-refractivity contribution < 1.29 is 4.42 Å². The number of hydrogen-bond donors (Lipinski definition) is 2. The number of fused-ring (bicyclic) bond motifs is 1. The van der Waals surface area contributed by atoms with Crippen LogP contribution in [0.15, 0.2) is 31.9 Å². The van der Waals surface area contributed by atoms with E-state index in [0.717, 1.165) is 33.4 Å². The third-order valence-electron chi connectivity index (χ3n) is 3.24. The molecule has 6 nitrogen and oxygen atoms in total. The second-order valence-electron chi connectivity index (χ2n) is 4.51. The molecule has 0 aliphatic rings. The van der Waals surface area contributed by atoms with E-state index in [9.17, 15) is 4.79 Å². The Balaban J connectivity index is 2.12. The van der Waals surface area contributed by atoms with Gasteiger partial charge in [-0.2, -0.15) is 5.10 Å². The van der Waals surface area contributed by atoms with Gasteiger partial charge >= 0.3 is 5.76 Å². The van der Waals surface area contributed by atoms with E-state index in [1.807, 2.05) is 18.2 Å². The predicted molar refractivity (Wildman–Crippen MR) is 79.5 cm³/mol. The van der Waals surface area contributed by atoms with Gasteiger partial charge in [0.25, 0.3) is 0 Å². The number of H-pyrrole nitrogens is 1. The first kappa shape index (κ1) is 13.1. The fourth-order valence-electron chi connectivity index (χ4n) is 2.15. The van der Waals surface area contributed by atoms with E-state index in [0.29, 0.717) is 12.1 Å². The molecule has 20 heavy (non-hydrogen) atoms. The van der Waals surface area contributed by atoms with Gasteiger partial charge in [-0.1, -0.05) is 6.07 Å². The second-order valence-corrected chi connectivity index (χ2v) is 5.31. The van der Waals surface area contributed by atoms with Gasteiger partial charge in [-0.25, -0.2) is 4.79 Å². The first-order valence-electron chi connectivity index (χ1n) is 6.14. The number of aromatic nitrogens is 3. The standard InChI is InChI=1S/C13H13BrN4O2/c1-18-9-3-2-7(6-10(9)20-13(18)19)12-11(14)8(4-5-15)16-17-12/h2-3,6H,4-5,15H2,1H3,(H,16,17). The molecule has 7 heteroatoms. The Morgan fingerprint density at radius 1 is 1.50 bits per heavy atom. The summed E-state index contributed by atoms with van der Waals surface area (Å²) in [5.74, 6) is -0.373. The lowest BCUT2D eigenvalue weighted by molar-refractivity contribution is 0.528. The van der Waals surface area contributed by atoms with Gasteiger partial charge in [0, 0.05) is 19.0 Å². The van der Waals surface area contributed by atoms with Gasteiger partial charge in [-0.15, -0.1) is 0 Å². The number of nitrogens with zero attached hydrogens (tertiary/aromatic N) is 2. The third kappa shape index (κ3) is 1.99. The van der Waals surface area contributed by atoms with Crippen LogP contribution in [0.1, 0.15) is 5.69 Å². The molecule has 0 aliphatic carbocycles. The maximum atomic E-state index is 11.5. The van der Waals surface area contributed by atoms with Crippen molar-refractivity contribution in [2.75, 3.05) is 6.54 Å². The van der Waals surface area contributed by atoms with Crippen molar-refractivity contribution in [1.29, 1.82) is 0 Å². The van der Waals surface area contributed by atoms with Crippen LogP contribution >= 0.6 is 15.9 Å². The van der Waals surface area contributed by atoms with Crippen LogP contribution in [0.3, 0.4) is 0 Å². The Bertz CT molecular complexity index is 831. The zero-order valence-electron chi connectivity index (χ0n) is 10.8. The first-order valence-corrected chi connectivity index (χ1v) is 6.94. The van der Waals surface area contributed by atoms with Crippen molar-refractivity contribution in [2.45, 2.75) is 6.42 Å². The van der Waals surface area contributed by atoms with Crippen molar-refractivity contribution in [3.63, 3.8) is 0 Å². The van der Waals surface area contributed by atoms with Gasteiger partial charge < -0.3 is 10.2 Å². The van der Waals surface area contributed by atoms with Crippen LogP contribution in [-0.2, 0) is 13.5 Å². The van der Waals surface area contributed by atoms with Crippen molar-refractivity contribution in [1.82, 2.24) is 14.8 Å². The maximum Gasteiger partial charge on any atom is 0.419 e. The van der Waals surface area contributed by atoms with E-state index in [2.05, 4.69) is 26.1 Å². The van der Waals surface area contributed by atoms with E-state index in [1.54, 1.807) is 7.05 Å². The lowest BCUT2D eigenvalue weighted by atomic mass is 10.1. The SMILES string of the molecule is Cn1c(=O)oc2cc(-c3n[nH]c(CCN)c3Br)ccc21. The number of aromatic amines is 1. The Morgan fingerprint density at radius 3 is 3.05 bits per heavy atom. The highest BCUT2D eigenvalue weighted by molar-refractivity contribution is 9.10. The maximum absolute atomic E-state index is 11.5. The minimum Gasteiger partial charge on any atom is -0.408 e. The summed E-state index contributed by atoms with van der Waals surface area (Å²) in [5.41, 5.74) is 9.46. The quantitative estimate of drug-likeness (QED) is 0.762. The molecule has 0 spiro atoms. The fraction of sp³-hybridized carbons (Fsp3) is 0.231. The molecule has 0 saturated carbocycles. The zero-order chi connectivity index (χ0) is 14.3. The Morgan fingerprint density at radius 2 is 2.30 bits per heavy atom. The number of rotatable bonds is 3. The number of nitrogens with one attached hydrogen (secondary N) is 1. The molecule has 3 N–H and O–H groups in total. The molecular weight excluding hydrogens is 324 g/mol. The average molecular weight is 337 g/mol. The summed E-state index contributed by atoms with van der Waals surface area (Å²) in [6.07, 6.45) is 0.718. The molecule has 0 aliphatic heterocycles. The van der Waals surface area contributed by atoms with Gasteiger partial charge in [0.1, 0.15) is 5.69 Å². The predicted octanol–water partition coefficient (Wildman–Crippen LogP) is 1.79. The zero-order valence-corrected chi connectivity index (χ0v) is 12.4. The highest BCUT2D eigenvalue weighted by atomic mass is 79.9. The fourth-order valence-corrected chi connectivity index (χ4v) is 2.75. The lowest BCUT2D eigenvalue weighted by Crippen LogP contribution is -2.08. The molecule has 0 unspecified atom stereocenters. The summed E-state index contributed by atoms with van der Waals surface area (Å²) in [4.78, 5) is 11.5. The van der Waals surface area contributed by atoms with Gasteiger partial charge in [0.05, 0.1) is 15.7 Å². The van der Waals surface area contributed by atoms with Crippen LogP contribution in [-0.4, -0.2) is 21.3 Å². The molecule has 2 heterocycles. The number of aryl methyl sites for hydroxylation is 1. The number of oxazole rings is 1. The van der Waals surface area contributed by atoms with E-state index in [4.69, 9.17) is 10.2 Å². The van der Waals surface area contributed by atoms with Crippen molar-refractivity contribution in [2.24, 2.45) is 12.8 Å². The Kier molecular flexibility index (Phi) is 3.23. The first-order chi connectivity index (χ1) is 9.61. The van der Waals surface area contributed by atoms with Crippen LogP contribution in [0.5, 0.6) is 0 Å². The van der Waals surface area contributed by atoms with Crippen LogP contribution in [0.25, 0.3) is 22.4 Å².